The summed E-state index contributed by atoms with van der Waals surface area (Å²) < 4.78 is 36.1. The van der Waals surface area contributed by atoms with Gasteiger partial charge in [0.15, 0.2) is 0 Å². The van der Waals surface area contributed by atoms with E-state index >= 15 is 0 Å². The van der Waals surface area contributed by atoms with E-state index in [0.717, 1.165) is 4.31 Å². The highest BCUT2D eigenvalue weighted by atomic mass is 35.5. The van der Waals surface area contributed by atoms with Crippen LogP contribution in [-0.4, -0.2) is 63.5 Å². The van der Waals surface area contributed by atoms with Crippen LogP contribution in [0.4, 0.5) is 4.79 Å². The molecule has 0 radical (unpaired) electrons. The van der Waals surface area contributed by atoms with Crippen molar-refractivity contribution in [1.29, 1.82) is 0 Å². The quantitative estimate of drug-likeness (QED) is 0.518. The monoisotopic (exact) mass is 473 g/mol. The number of esters is 2. The van der Waals surface area contributed by atoms with E-state index in [1.807, 2.05) is 0 Å². The van der Waals surface area contributed by atoms with Gasteiger partial charge in [0.2, 0.25) is 10.0 Å². The number of sulfonamides is 1. The average molecular weight is 474 g/mol. The van der Waals surface area contributed by atoms with Gasteiger partial charge in [0, 0.05) is 12.1 Å². The molecule has 0 aromatic heterocycles. The minimum atomic E-state index is -3.94. The van der Waals surface area contributed by atoms with Crippen molar-refractivity contribution in [1.82, 2.24) is 14.9 Å². The maximum Gasteiger partial charge on any atom is 0.338 e. The molecule has 2 amide bonds. The predicted molar refractivity (Wildman–Crippen MR) is 112 cm³/mol. The van der Waals surface area contributed by atoms with Gasteiger partial charge in [0.25, 0.3) is 0 Å². The van der Waals surface area contributed by atoms with E-state index in [0.29, 0.717) is 11.4 Å². The zero-order valence-electron chi connectivity index (χ0n) is 17.3. The van der Waals surface area contributed by atoms with Gasteiger partial charge in [0.05, 0.1) is 28.8 Å². The smallest absolute Gasteiger partial charge is 0.338 e. The Hall–Kier alpha value is -2.63. The molecule has 170 valence electrons. The maximum absolute atomic E-state index is 12.6. The van der Waals surface area contributed by atoms with Gasteiger partial charge in [0.1, 0.15) is 13.2 Å². The molecule has 1 unspecified atom stereocenters. The first-order valence-corrected chi connectivity index (χ1v) is 11.3. The van der Waals surface area contributed by atoms with Crippen molar-refractivity contribution in [2.24, 2.45) is 0 Å². The summed E-state index contributed by atoms with van der Waals surface area (Å²) in [7, 11) is -2.71. The van der Waals surface area contributed by atoms with Crippen molar-refractivity contribution in [3.8, 4) is 0 Å². The van der Waals surface area contributed by atoms with E-state index in [1.54, 1.807) is 13.8 Å². The number of rotatable bonds is 9. The molecule has 12 heteroatoms. The number of hydrogen-bond donors (Lipinski definition) is 2. The molecule has 2 rings (SSSR count). The minimum absolute atomic E-state index is 0.0316. The highest BCUT2D eigenvalue weighted by molar-refractivity contribution is 7.89. The molecule has 1 aliphatic heterocycles. The highest BCUT2D eigenvalue weighted by Gasteiger charge is 2.32. The Morgan fingerprint density at radius 1 is 1.16 bits per heavy atom. The fourth-order valence-electron chi connectivity index (χ4n) is 2.83. The van der Waals surface area contributed by atoms with E-state index in [1.165, 1.54) is 31.3 Å². The summed E-state index contributed by atoms with van der Waals surface area (Å²) in [5.41, 5.74) is 0.240. The number of amides is 2. The first-order chi connectivity index (χ1) is 14.6. The first kappa shape index (κ1) is 24.6. The van der Waals surface area contributed by atoms with Gasteiger partial charge >= 0.3 is 18.0 Å². The summed E-state index contributed by atoms with van der Waals surface area (Å²) in [6, 6.07) is 4.35. The third-order valence-corrected chi connectivity index (χ3v) is 6.47. The molecule has 0 saturated carbocycles. The molecule has 0 spiro atoms. The van der Waals surface area contributed by atoms with Crippen molar-refractivity contribution in [2.45, 2.75) is 31.2 Å². The summed E-state index contributed by atoms with van der Waals surface area (Å²) in [6.45, 7) is 2.55. The molecule has 1 heterocycles. The van der Waals surface area contributed by atoms with E-state index in [9.17, 15) is 22.8 Å². The Balaban J connectivity index is 2.10. The lowest BCUT2D eigenvalue weighted by Crippen LogP contribution is -2.51. The molecule has 1 atom stereocenters. The number of nitrogens with one attached hydrogen (secondary N) is 2. The SMILES string of the molecule is CCOC(=O)C1=C(COC(=O)CN(C)S(=O)(=O)c2ccc(Cl)cc2)NC(=O)NC1CC. The van der Waals surface area contributed by atoms with E-state index in [-0.39, 0.29) is 22.8 Å². The number of nitrogens with zero attached hydrogens (tertiary/aromatic N) is 1. The van der Waals surface area contributed by atoms with Gasteiger partial charge in [-0.05, 0) is 37.6 Å². The molecule has 10 nitrogen and oxygen atoms in total. The number of urea groups is 1. The molecule has 1 aliphatic rings. The average Bonchev–Trinajstić information content (AvgIpc) is 2.72. The van der Waals surface area contributed by atoms with Crippen LogP contribution >= 0.6 is 11.6 Å². The van der Waals surface area contributed by atoms with Crippen LogP contribution in [0.3, 0.4) is 0 Å². The Kier molecular flexibility index (Phi) is 8.43. The first-order valence-electron chi connectivity index (χ1n) is 9.45. The summed E-state index contributed by atoms with van der Waals surface area (Å²) in [5, 5.41) is 5.42. The van der Waals surface area contributed by atoms with Gasteiger partial charge in [-0.2, -0.15) is 4.31 Å². The molecule has 1 aromatic carbocycles. The Morgan fingerprint density at radius 3 is 2.39 bits per heavy atom. The lowest BCUT2D eigenvalue weighted by atomic mass is 10.0. The highest BCUT2D eigenvalue weighted by Crippen LogP contribution is 2.19. The minimum Gasteiger partial charge on any atom is -0.463 e. The normalized spacial score (nSPS) is 16.5. The molecule has 0 fully saturated rings. The maximum atomic E-state index is 12.6. The largest absolute Gasteiger partial charge is 0.463 e. The van der Waals surface area contributed by atoms with Crippen LogP contribution in [0.1, 0.15) is 20.3 Å². The Labute approximate surface area is 185 Å². The van der Waals surface area contributed by atoms with Crippen molar-refractivity contribution < 1.29 is 32.3 Å². The summed E-state index contributed by atoms with van der Waals surface area (Å²) in [5.74, 6) is -1.51. The number of benzene rings is 1. The second-order valence-electron chi connectivity index (χ2n) is 6.55. The summed E-state index contributed by atoms with van der Waals surface area (Å²) in [4.78, 5) is 36.4. The third-order valence-electron chi connectivity index (χ3n) is 4.40. The van der Waals surface area contributed by atoms with Crippen LogP contribution in [0.5, 0.6) is 0 Å². The van der Waals surface area contributed by atoms with Gasteiger partial charge in [-0.3, -0.25) is 4.79 Å². The van der Waals surface area contributed by atoms with Crippen molar-refractivity contribution >= 4 is 39.6 Å². The topological polar surface area (TPSA) is 131 Å². The molecule has 0 aliphatic carbocycles. The van der Waals surface area contributed by atoms with Crippen molar-refractivity contribution in [3.63, 3.8) is 0 Å². The second kappa shape index (κ2) is 10.6. The van der Waals surface area contributed by atoms with E-state index in [2.05, 4.69) is 10.6 Å². The lowest BCUT2D eigenvalue weighted by Gasteiger charge is -2.28. The predicted octanol–water partition coefficient (Wildman–Crippen LogP) is 1.41. The van der Waals surface area contributed by atoms with Gasteiger partial charge in [-0.1, -0.05) is 18.5 Å². The van der Waals surface area contributed by atoms with Gasteiger partial charge in [-0.25, -0.2) is 18.0 Å². The molecule has 0 saturated heterocycles. The van der Waals surface area contributed by atoms with Gasteiger partial charge < -0.3 is 20.1 Å². The number of carbonyl (C=O) groups excluding carboxylic acids is 3. The summed E-state index contributed by atoms with van der Waals surface area (Å²) >= 11 is 5.77. The Morgan fingerprint density at radius 2 is 1.81 bits per heavy atom. The summed E-state index contributed by atoms with van der Waals surface area (Å²) in [6.07, 6.45) is 0.418. The van der Waals surface area contributed by atoms with Crippen molar-refractivity contribution in [2.75, 3.05) is 26.8 Å². The van der Waals surface area contributed by atoms with Crippen molar-refractivity contribution in [3.05, 3.63) is 40.6 Å². The van der Waals surface area contributed by atoms with Crippen LogP contribution in [0.2, 0.25) is 5.02 Å². The third kappa shape index (κ3) is 6.18. The van der Waals surface area contributed by atoms with Crippen LogP contribution < -0.4 is 10.6 Å². The molecular formula is C19H24ClN3O7S. The van der Waals surface area contributed by atoms with E-state index in [4.69, 9.17) is 21.1 Å². The standard InChI is InChI=1S/C19H24ClN3O7S/c1-4-14-17(18(25)29-5-2)15(22-19(26)21-14)11-30-16(24)10-23(3)31(27,28)13-8-6-12(20)7-9-13/h6-9,14H,4-5,10-11H2,1-3H3,(H2,21,22,26). The molecule has 2 N–H and O–H groups in total. The second-order valence-corrected chi connectivity index (χ2v) is 9.03. The number of halogens is 1. The van der Waals surface area contributed by atoms with Crippen LogP contribution in [0, 0.1) is 0 Å². The van der Waals surface area contributed by atoms with E-state index < -0.39 is 47.2 Å². The zero-order chi connectivity index (χ0) is 23.2. The molecule has 0 bridgehead atoms. The fourth-order valence-corrected chi connectivity index (χ4v) is 4.07. The van der Waals surface area contributed by atoms with Crippen LogP contribution in [0.25, 0.3) is 0 Å². The van der Waals surface area contributed by atoms with Crippen LogP contribution in [-0.2, 0) is 29.1 Å². The zero-order valence-corrected chi connectivity index (χ0v) is 18.9. The number of likely N-dealkylation sites (N-methyl/N-ethyl adjacent to an activating group) is 1. The lowest BCUT2D eigenvalue weighted by molar-refractivity contribution is -0.143. The molecule has 1 aromatic rings. The molecular weight excluding hydrogens is 450 g/mol. The number of ether oxygens (including phenoxy) is 2. The fraction of sp³-hybridized carbons (Fsp3) is 0.421. The number of hydrogen-bond acceptors (Lipinski definition) is 7. The van der Waals surface area contributed by atoms with Gasteiger partial charge in [-0.15, -0.1) is 0 Å². The number of carbonyl (C=O) groups is 3. The van der Waals surface area contributed by atoms with Crippen LogP contribution in [0.15, 0.2) is 40.4 Å². The molecule has 31 heavy (non-hydrogen) atoms. The Bertz CT molecular complexity index is 977.